The molecule has 0 radical (unpaired) electrons. The first kappa shape index (κ1) is 18.7. The summed E-state index contributed by atoms with van der Waals surface area (Å²) in [7, 11) is 2.39. The van der Waals surface area contributed by atoms with Crippen molar-refractivity contribution in [2.24, 2.45) is 0 Å². The molecule has 0 aromatic heterocycles. The fourth-order valence-corrected chi connectivity index (χ4v) is 2.29. The van der Waals surface area contributed by atoms with Crippen LogP contribution in [0.4, 0.5) is 8.78 Å². The highest BCUT2D eigenvalue weighted by Crippen LogP contribution is 2.36. The molecule has 0 N–H and O–H groups in total. The number of hydrogen-bond acceptors (Lipinski definition) is 4. The molecule has 1 aromatic carbocycles. The van der Waals surface area contributed by atoms with E-state index in [0.717, 1.165) is 0 Å². The van der Waals surface area contributed by atoms with Crippen molar-refractivity contribution < 1.29 is 27.6 Å². The van der Waals surface area contributed by atoms with Crippen LogP contribution >= 0.6 is 0 Å². The van der Waals surface area contributed by atoms with Gasteiger partial charge in [0.2, 0.25) is 0 Å². The third kappa shape index (κ3) is 3.70. The standard InChI is InChI=1S/C16H22BF2NO4/c1-15(2)16(3,4)24-17(23-15)11-7-10(13(21)20(5)6)8-12(9-11)22-14(18)19/h7-9,14H,1-6H3. The van der Waals surface area contributed by atoms with Crippen LogP contribution in [0.25, 0.3) is 0 Å². The third-order valence-electron chi connectivity index (χ3n) is 4.33. The molecule has 132 valence electrons. The Morgan fingerprint density at radius 1 is 1.12 bits per heavy atom. The lowest BCUT2D eigenvalue weighted by Gasteiger charge is -2.32. The number of carbonyl (C=O) groups is 1. The molecule has 0 bridgehead atoms. The first-order valence-electron chi connectivity index (χ1n) is 7.60. The SMILES string of the molecule is CN(C)C(=O)c1cc(OC(F)F)cc(B2OC(C)(C)C(C)(C)O2)c1. The maximum atomic E-state index is 12.6. The van der Waals surface area contributed by atoms with E-state index in [9.17, 15) is 13.6 Å². The van der Waals surface area contributed by atoms with Crippen LogP contribution in [0.5, 0.6) is 5.75 Å². The number of hydrogen-bond donors (Lipinski definition) is 0. The molecule has 1 aromatic rings. The number of halogens is 2. The number of rotatable bonds is 4. The van der Waals surface area contributed by atoms with Crippen molar-refractivity contribution in [2.75, 3.05) is 14.1 Å². The van der Waals surface area contributed by atoms with Gasteiger partial charge in [0.1, 0.15) is 5.75 Å². The van der Waals surface area contributed by atoms with E-state index in [1.807, 2.05) is 27.7 Å². The van der Waals surface area contributed by atoms with E-state index in [1.54, 1.807) is 20.2 Å². The Morgan fingerprint density at radius 2 is 1.67 bits per heavy atom. The van der Waals surface area contributed by atoms with Crippen molar-refractivity contribution in [3.63, 3.8) is 0 Å². The number of amides is 1. The highest BCUT2D eigenvalue weighted by atomic mass is 19.3. The maximum absolute atomic E-state index is 12.6. The Bertz CT molecular complexity index is 619. The van der Waals surface area contributed by atoms with Gasteiger partial charge in [-0.1, -0.05) is 0 Å². The lowest BCUT2D eigenvalue weighted by atomic mass is 9.78. The van der Waals surface area contributed by atoms with Crippen molar-refractivity contribution in [3.8, 4) is 5.75 Å². The molecule has 1 heterocycles. The van der Waals surface area contributed by atoms with Crippen molar-refractivity contribution in [1.29, 1.82) is 0 Å². The van der Waals surface area contributed by atoms with E-state index in [0.29, 0.717) is 5.46 Å². The Morgan fingerprint density at radius 3 is 2.12 bits per heavy atom. The largest absolute Gasteiger partial charge is 0.494 e. The summed E-state index contributed by atoms with van der Waals surface area (Å²) in [6, 6.07) is 4.26. The van der Waals surface area contributed by atoms with E-state index in [1.165, 1.54) is 17.0 Å². The Hall–Kier alpha value is -1.67. The summed E-state index contributed by atoms with van der Waals surface area (Å²) in [6.45, 7) is 4.56. The fourth-order valence-electron chi connectivity index (χ4n) is 2.29. The van der Waals surface area contributed by atoms with Crippen LogP contribution in [0.15, 0.2) is 18.2 Å². The summed E-state index contributed by atoms with van der Waals surface area (Å²) in [5.41, 5.74) is -0.480. The zero-order valence-corrected chi connectivity index (χ0v) is 14.7. The molecule has 0 spiro atoms. The quantitative estimate of drug-likeness (QED) is 0.789. The minimum absolute atomic E-state index is 0.109. The van der Waals surface area contributed by atoms with E-state index < -0.39 is 24.9 Å². The highest BCUT2D eigenvalue weighted by molar-refractivity contribution is 6.62. The minimum Gasteiger partial charge on any atom is -0.435 e. The molecule has 2 rings (SSSR count). The van der Waals surface area contributed by atoms with E-state index in [2.05, 4.69) is 4.74 Å². The predicted molar refractivity (Wildman–Crippen MR) is 86.8 cm³/mol. The van der Waals surface area contributed by atoms with Crippen LogP contribution in [0.2, 0.25) is 0 Å². The summed E-state index contributed by atoms with van der Waals surface area (Å²) in [5.74, 6) is -0.435. The summed E-state index contributed by atoms with van der Waals surface area (Å²) in [6.07, 6.45) is 0. The zero-order valence-electron chi connectivity index (χ0n) is 14.7. The molecule has 1 fully saturated rings. The molecule has 1 aliphatic heterocycles. The minimum atomic E-state index is -2.99. The number of ether oxygens (including phenoxy) is 1. The first-order valence-corrected chi connectivity index (χ1v) is 7.60. The summed E-state index contributed by atoms with van der Waals surface area (Å²) >= 11 is 0. The second-order valence-corrected chi connectivity index (χ2v) is 6.96. The Balaban J connectivity index is 2.42. The highest BCUT2D eigenvalue weighted by Gasteiger charge is 2.51. The van der Waals surface area contributed by atoms with Crippen LogP contribution in [-0.4, -0.2) is 49.8 Å². The van der Waals surface area contributed by atoms with Gasteiger partial charge in [-0.15, -0.1) is 0 Å². The van der Waals surface area contributed by atoms with Gasteiger partial charge in [-0.05, 0) is 51.4 Å². The van der Waals surface area contributed by atoms with Gasteiger partial charge in [0.15, 0.2) is 0 Å². The lowest BCUT2D eigenvalue weighted by Crippen LogP contribution is -2.41. The van der Waals surface area contributed by atoms with Crippen molar-refractivity contribution in [3.05, 3.63) is 23.8 Å². The number of alkyl halides is 2. The zero-order chi connectivity index (χ0) is 18.3. The van der Waals surface area contributed by atoms with Crippen molar-refractivity contribution in [1.82, 2.24) is 4.90 Å². The first-order chi connectivity index (χ1) is 10.9. The maximum Gasteiger partial charge on any atom is 0.494 e. The topological polar surface area (TPSA) is 48.0 Å². The summed E-state index contributed by atoms with van der Waals surface area (Å²) in [5, 5.41) is 0. The van der Waals surface area contributed by atoms with E-state index in [-0.39, 0.29) is 17.2 Å². The molecule has 24 heavy (non-hydrogen) atoms. The van der Waals surface area contributed by atoms with Gasteiger partial charge >= 0.3 is 13.7 Å². The number of benzene rings is 1. The molecular weight excluding hydrogens is 319 g/mol. The summed E-state index contributed by atoms with van der Waals surface area (Å²) < 4.78 is 41.5. The molecule has 0 unspecified atom stereocenters. The number of nitrogens with zero attached hydrogens (tertiary/aromatic N) is 1. The van der Waals surface area contributed by atoms with Crippen molar-refractivity contribution >= 4 is 18.5 Å². The second-order valence-electron chi connectivity index (χ2n) is 6.96. The molecule has 1 saturated heterocycles. The molecule has 1 aliphatic rings. The summed E-state index contributed by atoms with van der Waals surface area (Å²) in [4.78, 5) is 13.6. The fraction of sp³-hybridized carbons (Fsp3) is 0.562. The Kier molecular flexibility index (Phi) is 4.92. The smallest absolute Gasteiger partial charge is 0.435 e. The van der Waals surface area contributed by atoms with Crippen LogP contribution < -0.4 is 10.2 Å². The molecule has 1 amide bonds. The molecule has 0 atom stereocenters. The van der Waals surface area contributed by atoms with Gasteiger partial charge in [-0.25, -0.2) is 0 Å². The van der Waals surface area contributed by atoms with E-state index in [4.69, 9.17) is 9.31 Å². The Labute approximate surface area is 141 Å². The average molecular weight is 341 g/mol. The normalized spacial score (nSPS) is 18.8. The number of carbonyl (C=O) groups excluding carboxylic acids is 1. The van der Waals surface area contributed by atoms with E-state index >= 15 is 0 Å². The third-order valence-corrected chi connectivity index (χ3v) is 4.33. The molecule has 8 heteroatoms. The van der Waals surface area contributed by atoms with Gasteiger partial charge in [0.05, 0.1) is 11.2 Å². The van der Waals surface area contributed by atoms with Gasteiger partial charge in [-0.2, -0.15) is 8.78 Å². The van der Waals surface area contributed by atoms with Crippen LogP contribution in [0.3, 0.4) is 0 Å². The molecule has 0 saturated carbocycles. The average Bonchev–Trinajstić information content (AvgIpc) is 2.65. The second kappa shape index (κ2) is 6.33. The van der Waals surface area contributed by atoms with Crippen LogP contribution in [-0.2, 0) is 9.31 Å². The monoisotopic (exact) mass is 341 g/mol. The van der Waals surface area contributed by atoms with Crippen LogP contribution in [0, 0.1) is 0 Å². The van der Waals surface area contributed by atoms with Gasteiger partial charge in [0, 0.05) is 19.7 Å². The van der Waals surface area contributed by atoms with Crippen LogP contribution in [0.1, 0.15) is 38.1 Å². The van der Waals surface area contributed by atoms with Gasteiger partial charge in [0.25, 0.3) is 5.91 Å². The van der Waals surface area contributed by atoms with Crippen molar-refractivity contribution in [2.45, 2.75) is 45.5 Å². The van der Waals surface area contributed by atoms with Gasteiger partial charge in [-0.3, -0.25) is 4.79 Å². The molecular formula is C16H22BF2NO4. The molecule has 5 nitrogen and oxygen atoms in total. The lowest BCUT2D eigenvalue weighted by molar-refractivity contribution is -0.0498. The van der Waals surface area contributed by atoms with Gasteiger partial charge < -0.3 is 18.9 Å². The molecule has 0 aliphatic carbocycles. The predicted octanol–water partition coefficient (Wildman–Crippen LogP) is 2.29.